The van der Waals surface area contributed by atoms with E-state index in [1.165, 1.54) is 17.9 Å². The van der Waals surface area contributed by atoms with E-state index in [0.29, 0.717) is 0 Å². The molecule has 0 amide bonds. The summed E-state index contributed by atoms with van der Waals surface area (Å²) < 4.78 is 59.7. The van der Waals surface area contributed by atoms with E-state index in [2.05, 4.69) is 67.2 Å². The maximum absolute atomic E-state index is 10.7. The molecule has 1 saturated heterocycles. The largest absolute Gasteiger partial charge is 0.741 e. The molecule has 0 unspecified atom stereocenters. The maximum atomic E-state index is 10.7. The van der Waals surface area contributed by atoms with Gasteiger partial charge in [-0.3, -0.25) is 0 Å². The van der Waals surface area contributed by atoms with Gasteiger partial charge in [0, 0.05) is 0 Å². The molecule has 0 atom stereocenters. The lowest BCUT2D eigenvalue weighted by Crippen LogP contribution is -2.21. The highest BCUT2D eigenvalue weighted by molar-refractivity contribution is 8.27. The number of alkyl halides is 3. The normalized spacial score (nSPS) is 17.3. The van der Waals surface area contributed by atoms with Crippen LogP contribution in [0.25, 0.3) is 0 Å². The fourth-order valence-corrected chi connectivity index (χ4v) is 9.48. The Morgan fingerprint density at radius 2 is 1.57 bits per heavy atom. The molecule has 0 radical (unpaired) electrons. The third kappa shape index (κ3) is 6.46. The summed E-state index contributed by atoms with van der Waals surface area (Å²) in [7, 11) is -7.03. The van der Waals surface area contributed by atoms with Crippen LogP contribution in [0.1, 0.15) is 6.42 Å². The van der Waals surface area contributed by atoms with E-state index >= 15 is 0 Å². The van der Waals surface area contributed by atoms with Crippen molar-refractivity contribution in [3.05, 3.63) is 30.3 Å². The summed E-state index contributed by atoms with van der Waals surface area (Å²) in [6, 6.07) is 11.1. The molecule has 1 aliphatic heterocycles. The van der Waals surface area contributed by atoms with Gasteiger partial charge < -0.3 is 4.55 Å². The van der Waals surface area contributed by atoms with Crippen molar-refractivity contribution < 1.29 is 26.1 Å². The van der Waals surface area contributed by atoms with Crippen LogP contribution in [0.5, 0.6) is 0 Å². The first-order valence-electron chi connectivity index (χ1n) is 6.61. The number of rotatable bonds is 2. The van der Waals surface area contributed by atoms with Gasteiger partial charge in [-0.15, -0.1) is 23.5 Å². The molecular formula is C13H18F3O3PS3. The van der Waals surface area contributed by atoms with Crippen molar-refractivity contribution in [1.29, 1.82) is 0 Å². The zero-order chi connectivity index (χ0) is 17.7. The lowest BCUT2D eigenvalue weighted by atomic mass is 10.4. The summed E-state index contributed by atoms with van der Waals surface area (Å²) >= 11 is 4.35. The first-order valence-corrected chi connectivity index (χ1v) is 12.9. The number of hydrogen-bond donors (Lipinski definition) is 0. The Balaban J connectivity index is 0.000000284. The fraction of sp³-hybridized carbons (Fsp3) is 0.538. The lowest BCUT2D eigenvalue weighted by Gasteiger charge is -2.29. The molecule has 1 aromatic rings. The first kappa shape index (κ1) is 21.1. The molecule has 0 bridgehead atoms. The van der Waals surface area contributed by atoms with E-state index in [1.54, 1.807) is 5.30 Å². The molecule has 0 aromatic heterocycles. The van der Waals surface area contributed by atoms with Crippen LogP contribution in [0, 0.1) is 0 Å². The molecule has 0 N–H and O–H groups in total. The molecule has 1 aliphatic rings. The highest BCUT2D eigenvalue weighted by Crippen LogP contribution is 2.64. The monoisotopic (exact) mass is 406 g/mol. The summed E-state index contributed by atoms with van der Waals surface area (Å²) in [6.45, 7) is 4.97. The summed E-state index contributed by atoms with van der Waals surface area (Å²) in [6.07, 6.45) is 1.39. The smallest absolute Gasteiger partial charge is 0.485 e. The Morgan fingerprint density at radius 3 is 1.96 bits per heavy atom. The van der Waals surface area contributed by atoms with Gasteiger partial charge in [0.2, 0.25) is 0 Å². The van der Waals surface area contributed by atoms with Crippen LogP contribution in [0.4, 0.5) is 13.2 Å². The highest BCUT2D eigenvalue weighted by atomic mass is 32.2. The van der Waals surface area contributed by atoms with E-state index < -0.39 is 22.9 Å². The van der Waals surface area contributed by atoms with E-state index in [9.17, 15) is 13.2 Å². The standard InChI is InChI=1S/C12H18PS2.CHF3O3S/c1-13(2,11-7-4-3-5-8-11)12-14-9-6-10-15-12;2-1(3,4)8(5,6)7/h3-5,7-8,12H,6,9-10H2,1-2H3;(H,5,6,7)/q+1;/p-1. The quantitative estimate of drug-likeness (QED) is 0.425. The molecule has 23 heavy (non-hydrogen) atoms. The predicted octanol–water partition coefficient (Wildman–Crippen LogP) is 3.79. The highest BCUT2D eigenvalue weighted by Gasteiger charge is 2.40. The van der Waals surface area contributed by atoms with Crippen molar-refractivity contribution in [2.75, 3.05) is 24.8 Å². The molecule has 0 aliphatic carbocycles. The van der Waals surface area contributed by atoms with Crippen LogP contribution in [0.2, 0.25) is 0 Å². The molecule has 0 saturated carbocycles. The number of benzene rings is 1. The van der Waals surface area contributed by atoms with Crippen molar-refractivity contribution in [2.45, 2.75) is 16.3 Å². The lowest BCUT2D eigenvalue weighted by molar-refractivity contribution is -0.0517. The van der Waals surface area contributed by atoms with Gasteiger partial charge in [-0.1, -0.05) is 18.2 Å². The predicted molar refractivity (Wildman–Crippen MR) is 93.9 cm³/mol. The van der Waals surface area contributed by atoms with Crippen molar-refractivity contribution in [3.8, 4) is 0 Å². The molecule has 1 fully saturated rings. The molecule has 1 aromatic carbocycles. The molecule has 0 spiro atoms. The van der Waals surface area contributed by atoms with Crippen molar-refractivity contribution in [3.63, 3.8) is 0 Å². The minimum absolute atomic E-state index is 0.827. The van der Waals surface area contributed by atoms with Crippen molar-refractivity contribution in [2.24, 2.45) is 0 Å². The Kier molecular flexibility index (Phi) is 7.73. The van der Waals surface area contributed by atoms with E-state index in [4.69, 9.17) is 13.0 Å². The zero-order valence-electron chi connectivity index (χ0n) is 12.6. The molecular weight excluding hydrogens is 388 g/mol. The number of halogens is 3. The summed E-state index contributed by atoms with van der Waals surface area (Å²) in [4.78, 5) is 0. The zero-order valence-corrected chi connectivity index (χ0v) is 16.0. The Bertz CT molecular complexity index is 585. The second-order valence-corrected chi connectivity index (χ2v) is 14.1. The molecule has 10 heteroatoms. The van der Waals surface area contributed by atoms with Crippen LogP contribution in [-0.4, -0.2) is 47.6 Å². The molecule has 3 nitrogen and oxygen atoms in total. The first-order chi connectivity index (χ1) is 10.5. The molecule has 1 heterocycles. The minimum atomic E-state index is -6.09. The van der Waals surface area contributed by atoms with Crippen LogP contribution in [0.3, 0.4) is 0 Å². The van der Waals surface area contributed by atoms with Crippen LogP contribution in [-0.2, 0) is 10.1 Å². The van der Waals surface area contributed by atoms with Gasteiger partial charge in [0.1, 0.15) is 0 Å². The third-order valence-electron chi connectivity index (χ3n) is 3.04. The van der Waals surface area contributed by atoms with E-state index in [-0.39, 0.29) is 0 Å². The average Bonchev–Trinajstić information content (AvgIpc) is 2.48. The van der Waals surface area contributed by atoms with E-state index in [1.807, 2.05) is 0 Å². The second-order valence-electron chi connectivity index (χ2n) is 5.18. The van der Waals surface area contributed by atoms with Gasteiger partial charge in [0.25, 0.3) is 0 Å². The third-order valence-corrected chi connectivity index (χ3v) is 12.8. The topological polar surface area (TPSA) is 57.2 Å². The Labute approximate surface area is 143 Å². The van der Waals surface area contributed by atoms with Gasteiger partial charge in [0.05, 0.1) is 25.9 Å². The van der Waals surface area contributed by atoms with Crippen LogP contribution in [0.15, 0.2) is 30.3 Å². The maximum Gasteiger partial charge on any atom is 0.485 e. The Morgan fingerprint density at radius 1 is 1.13 bits per heavy atom. The summed E-state index contributed by atoms with van der Waals surface area (Å²) in [5.74, 6) is 2.71. The Hall–Kier alpha value is 0.0500. The number of hydrogen-bond acceptors (Lipinski definition) is 5. The number of thioether (sulfide) groups is 2. The van der Waals surface area contributed by atoms with Crippen molar-refractivity contribution >= 4 is 46.2 Å². The van der Waals surface area contributed by atoms with Gasteiger partial charge in [0.15, 0.2) is 14.4 Å². The summed E-state index contributed by atoms with van der Waals surface area (Å²) in [5, 5.41) is 1.58. The average molecular weight is 406 g/mol. The fourth-order valence-electron chi connectivity index (χ4n) is 1.78. The van der Waals surface area contributed by atoms with Crippen molar-refractivity contribution in [1.82, 2.24) is 0 Å². The van der Waals surface area contributed by atoms with Crippen LogP contribution >= 0.6 is 30.8 Å². The van der Waals surface area contributed by atoms with Gasteiger partial charge in [-0.2, -0.15) is 13.2 Å². The molecule has 132 valence electrons. The van der Waals surface area contributed by atoms with Gasteiger partial charge in [-0.25, -0.2) is 8.42 Å². The summed E-state index contributed by atoms with van der Waals surface area (Å²) in [5.41, 5.74) is -5.65. The minimum Gasteiger partial charge on any atom is -0.741 e. The van der Waals surface area contributed by atoms with Gasteiger partial charge >= 0.3 is 5.51 Å². The van der Waals surface area contributed by atoms with Gasteiger partial charge in [-0.05, 0) is 30.1 Å². The van der Waals surface area contributed by atoms with Crippen LogP contribution < -0.4 is 5.30 Å². The second kappa shape index (κ2) is 8.43. The molecule has 2 rings (SSSR count). The SMILES string of the molecule is C[P+](C)(c1ccccc1)C1SCCCS1.O=S(=O)([O-])C(F)(F)F. The van der Waals surface area contributed by atoms with E-state index in [0.717, 1.165) is 4.32 Å².